The largest absolute Gasteiger partial charge is 0.385 e. The molecule has 0 amide bonds. The minimum absolute atomic E-state index is 0. The molecule has 2 rings (SSSR count). The van der Waals surface area contributed by atoms with Gasteiger partial charge in [0.05, 0.1) is 6.10 Å². The Morgan fingerprint density at radius 1 is 1.17 bits per heavy atom. The zero-order valence-corrected chi connectivity index (χ0v) is 21.3. The third-order valence-corrected chi connectivity index (χ3v) is 5.09. The van der Waals surface area contributed by atoms with Gasteiger partial charge in [0.25, 0.3) is 0 Å². The maximum atomic E-state index is 5.98. The molecule has 1 aromatic heterocycles. The summed E-state index contributed by atoms with van der Waals surface area (Å²) in [4.78, 5) is 7.15. The fourth-order valence-electron chi connectivity index (χ4n) is 3.21. The molecule has 0 aliphatic carbocycles. The molecule has 9 nitrogen and oxygen atoms in total. The standard InChI is InChI=1S/C20H38N6O3.HI/c1-5-28-14-6-10-21-20(22-16-19-24-23-17(2)25(19)3)26-11-8-18(9-12-26)29-15-7-13-27-4;/h18H,5-16H2,1-4H3,(H,21,22);1H. The lowest BCUT2D eigenvalue weighted by Gasteiger charge is -2.34. The van der Waals surface area contributed by atoms with E-state index in [1.165, 1.54) is 0 Å². The van der Waals surface area contributed by atoms with E-state index in [4.69, 9.17) is 19.2 Å². The highest BCUT2D eigenvalue weighted by Gasteiger charge is 2.22. The van der Waals surface area contributed by atoms with E-state index in [0.29, 0.717) is 12.6 Å². The SMILES string of the molecule is CCOCCCNC(=NCc1nnc(C)n1C)N1CCC(OCCCOC)CC1.I. The second-order valence-corrected chi connectivity index (χ2v) is 7.24. The van der Waals surface area contributed by atoms with Crippen molar-refractivity contribution in [3.8, 4) is 0 Å². The summed E-state index contributed by atoms with van der Waals surface area (Å²) >= 11 is 0. The average Bonchev–Trinajstić information content (AvgIpc) is 3.06. The summed E-state index contributed by atoms with van der Waals surface area (Å²) in [6.45, 7) is 10.2. The molecule has 0 saturated carbocycles. The second-order valence-electron chi connectivity index (χ2n) is 7.24. The van der Waals surface area contributed by atoms with Gasteiger partial charge in [-0.2, -0.15) is 0 Å². The molecule has 1 fully saturated rings. The van der Waals surface area contributed by atoms with Gasteiger partial charge in [0.2, 0.25) is 0 Å². The number of guanidine groups is 1. The van der Waals surface area contributed by atoms with Crippen molar-refractivity contribution in [2.45, 2.75) is 52.2 Å². The van der Waals surface area contributed by atoms with Crippen molar-refractivity contribution in [3.05, 3.63) is 11.6 Å². The van der Waals surface area contributed by atoms with Crippen LogP contribution in [0.25, 0.3) is 0 Å². The van der Waals surface area contributed by atoms with E-state index in [1.807, 2.05) is 25.5 Å². The number of aryl methyl sites for hydroxylation is 1. The third-order valence-electron chi connectivity index (χ3n) is 5.09. The number of nitrogens with one attached hydrogen (secondary N) is 1. The van der Waals surface area contributed by atoms with Gasteiger partial charge in [0.1, 0.15) is 12.4 Å². The van der Waals surface area contributed by atoms with Crippen molar-refractivity contribution >= 4 is 29.9 Å². The van der Waals surface area contributed by atoms with Crippen LogP contribution in [0.3, 0.4) is 0 Å². The Kier molecular flexibility index (Phi) is 14.2. The fraction of sp³-hybridized carbons (Fsp3) is 0.850. The predicted molar refractivity (Wildman–Crippen MR) is 128 cm³/mol. The Labute approximate surface area is 198 Å². The van der Waals surface area contributed by atoms with Gasteiger partial charge in [0.15, 0.2) is 11.8 Å². The van der Waals surface area contributed by atoms with Crippen molar-refractivity contribution < 1.29 is 14.2 Å². The minimum atomic E-state index is 0. The molecule has 30 heavy (non-hydrogen) atoms. The van der Waals surface area contributed by atoms with Gasteiger partial charge in [-0.25, -0.2) is 4.99 Å². The van der Waals surface area contributed by atoms with E-state index in [-0.39, 0.29) is 24.0 Å². The fourth-order valence-corrected chi connectivity index (χ4v) is 3.21. The van der Waals surface area contributed by atoms with Crippen LogP contribution in [0, 0.1) is 6.92 Å². The molecular weight excluding hydrogens is 499 g/mol. The van der Waals surface area contributed by atoms with E-state index in [0.717, 1.165) is 89.4 Å². The van der Waals surface area contributed by atoms with Gasteiger partial charge in [-0.05, 0) is 39.5 Å². The lowest BCUT2D eigenvalue weighted by atomic mass is 10.1. The van der Waals surface area contributed by atoms with Crippen molar-refractivity contribution in [3.63, 3.8) is 0 Å². The van der Waals surface area contributed by atoms with E-state index in [1.54, 1.807) is 7.11 Å². The van der Waals surface area contributed by atoms with Crippen molar-refractivity contribution in [2.24, 2.45) is 12.0 Å². The Balaban J connectivity index is 0.00000450. The molecule has 174 valence electrons. The topological polar surface area (TPSA) is 86.0 Å². The van der Waals surface area contributed by atoms with Gasteiger partial charge < -0.3 is 29.0 Å². The number of piperidine rings is 1. The van der Waals surface area contributed by atoms with Crippen LogP contribution in [0.1, 0.15) is 44.3 Å². The van der Waals surface area contributed by atoms with Crippen LogP contribution in [-0.2, 0) is 27.8 Å². The first kappa shape index (κ1) is 27.1. The highest BCUT2D eigenvalue weighted by Crippen LogP contribution is 2.14. The molecule has 1 saturated heterocycles. The molecule has 0 aromatic carbocycles. The van der Waals surface area contributed by atoms with Gasteiger partial charge in [-0.1, -0.05) is 0 Å². The van der Waals surface area contributed by atoms with Crippen molar-refractivity contribution in [1.29, 1.82) is 0 Å². The number of hydrogen-bond acceptors (Lipinski definition) is 6. The molecule has 0 spiro atoms. The second kappa shape index (κ2) is 15.8. The number of likely N-dealkylation sites (tertiary alicyclic amines) is 1. The summed E-state index contributed by atoms with van der Waals surface area (Å²) in [7, 11) is 3.70. The molecule has 1 N–H and O–H groups in total. The summed E-state index contributed by atoms with van der Waals surface area (Å²) < 4.78 is 18.5. The third kappa shape index (κ3) is 9.44. The lowest BCUT2D eigenvalue weighted by molar-refractivity contribution is 0.00987. The molecular formula is C20H39IN6O3. The number of nitrogens with zero attached hydrogens (tertiary/aromatic N) is 5. The quantitative estimate of drug-likeness (QED) is 0.189. The number of aromatic nitrogens is 3. The molecule has 0 unspecified atom stereocenters. The average molecular weight is 538 g/mol. The van der Waals surface area contributed by atoms with E-state index in [9.17, 15) is 0 Å². The van der Waals surface area contributed by atoms with Gasteiger partial charge >= 0.3 is 0 Å². The molecule has 0 bridgehead atoms. The Bertz CT molecular complexity index is 605. The smallest absolute Gasteiger partial charge is 0.194 e. The van der Waals surface area contributed by atoms with E-state index in [2.05, 4.69) is 20.4 Å². The molecule has 10 heteroatoms. The van der Waals surface area contributed by atoms with Gasteiger partial charge in [0, 0.05) is 60.2 Å². The van der Waals surface area contributed by atoms with E-state index >= 15 is 0 Å². The summed E-state index contributed by atoms with van der Waals surface area (Å²) in [6, 6.07) is 0. The molecule has 1 aliphatic rings. The van der Waals surface area contributed by atoms with Crippen LogP contribution >= 0.6 is 24.0 Å². The van der Waals surface area contributed by atoms with Crippen LogP contribution in [0.2, 0.25) is 0 Å². The lowest BCUT2D eigenvalue weighted by Crippen LogP contribution is -2.47. The molecule has 1 aromatic rings. The number of rotatable bonds is 12. The van der Waals surface area contributed by atoms with Crippen molar-refractivity contribution in [2.75, 3.05) is 53.2 Å². The Morgan fingerprint density at radius 2 is 1.93 bits per heavy atom. The first-order valence-electron chi connectivity index (χ1n) is 10.7. The summed E-state index contributed by atoms with van der Waals surface area (Å²) in [5, 5.41) is 11.8. The van der Waals surface area contributed by atoms with Crippen LogP contribution in [0.15, 0.2) is 4.99 Å². The van der Waals surface area contributed by atoms with Gasteiger partial charge in [-0.3, -0.25) is 0 Å². The zero-order valence-electron chi connectivity index (χ0n) is 18.9. The number of halogens is 1. The van der Waals surface area contributed by atoms with Crippen LogP contribution in [0.5, 0.6) is 0 Å². The maximum Gasteiger partial charge on any atom is 0.194 e. The molecule has 0 atom stereocenters. The van der Waals surface area contributed by atoms with Gasteiger partial charge in [-0.15, -0.1) is 34.2 Å². The summed E-state index contributed by atoms with van der Waals surface area (Å²) in [5.74, 6) is 2.69. The monoisotopic (exact) mass is 538 g/mol. The van der Waals surface area contributed by atoms with Crippen LogP contribution in [0.4, 0.5) is 0 Å². The minimum Gasteiger partial charge on any atom is -0.385 e. The zero-order chi connectivity index (χ0) is 20.9. The maximum absolute atomic E-state index is 5.98. The highest BCUT2D eigenvalue weighted by molar-refractivity contribution is 14.0. The normalized spacial score (nSPS) is 15.3. The first-order chi connectivity index (χ1) is 14.2. The number of hydrogen-bond donors (Lipinski definition) is 1. The van der Waals surface area contributed by atoms with E-state index < -0.39 is 0 Å². The summed E-state index contributed by atoms with van der Waals surface area (Å²) in [5.41, 5.74) is 0. The first-order valence-corrected chi connectivity index (χ1v) is 10.7. The number of aliphatic imine (C=N–C) groups is 1. The van der Waals surface area contributed by atoms with Crippen LogP contribution < -0.4 is 5.32 Å². The molecule has 0 radical (unpaired) electrons. The number of ether oxygens (including phenoxy) is 3. The highest BCUT2D eigenvalue weighted by atomic mass is 127. The predicted octanol–water partition coefficient (Wildman–Crippen LogP) is 2.13. The van der Waals surface area contributed by atoms with Crippen molar-refractivity contribution in [1.82, 2.24) is 25.0 Å². The molecule has 2 heterocycles. The Hall–Kier alpha value is -0.980. The van der Waals surface area contributed by atoms with Crippen LogP contribution in [-0.4, -0.2) is 84.9 Å². The molecule has 1 aliphatic heterocycles. The summed E-state index contributed by atoms with van der Waals surface area (Å²) in [6.07, 6.45) is 4.24. The Morgan fingerprint density at radius 3 is 2.57 bits per heavy atom. The number of methoxy groups -OCH3 is 1.